The van der Waals surface area contributed by atoms with Gasteiger partial charge in [-0.2, -0.15) is 0 Å². The maximum absolute atomic E-state index is 11.4. The Hall–Kier alpha value is -1.60. The number of carbonyl (C=O) groups excluding carboxylic acids is 2. The van der Waals surface area contributed by atoms with Crippen LogP contribution in [0.3, 0.4) is 0 Å². The van der Waals surface area contributed by atoms with Crippen molar-refractivity contribution in [2.24, 2.45) is 0 Å². The Morgan fingerprint density at radius 2 is 2.00 bits per heavy atom. The van der Waals surface area contributed by atoms with Gasteiger partial charge in [0, 0.05) is 0 Å². The normalized spacial score (nSPS) is 10.4. The molecular formula is C12H11NO4S2. The topological polar surface area (TPSA) is 65.5 Å². The summed E-state index contributed by atoms with van der Waals surface area (Å²) in [7, 11) is 1.28. The molecule has 100 valence electrons. The largest absolute Gasteiger partial charge is 0.469 e. The molecule has 19 heavy (non-hydrogen) atoms. The monoisotopic (exact) mass is 297 g/mol. The number of benzene rings is 1. The molecule has 0 bridgehead atoms. The van der Waals surface area contributed by atoms with Crippen LogP contribution in [0.5, 0.6) is 0 Å². The molecule has 0 radical (unpaired) electrons. The number of hydrogen-bond donors (Lipinski definition) is 0. The van der Waals surface area contributed by atoms with Crippen LogP contribution >= 0.6 is 23.4 Å². The Bertz CT molecular complexity index is 563. The Balaban J connectivity index is 1.84. The molecule has 7 heteroatoms. The number of rotatable bonds is 5. The van der Waals surface area contributed by atoms with Crippen molar-refractivity contribution in [1.82, 2.24) is 4.98 Å². The van der Waals surface area contributed by atoms with Gasteiger partial charge in [-0.1, -0.05) is 12.1 Å². The third-order valence-corrected chi connectivity index (χ3v) is 4.03. The molecule has 0 saturated carbocycles. The fraction of sp³-hybridized carbons (Fsp3) is 0.250. The summed E-state index contributed by atoms with van der Waals surface area (Å²) in [6.45, 7) is 0. The second kappa shape index (κ2) is 6.53. The standard InChI is InChI=1S/C12H11NO4S2/c1-16-10(14)6-7-11(15)17-19-12-13-8-4-2-3-5-9(8)18-12/h2-5H,6-7H2,1H3. The molecule has 0 unspecified atom stereocenters. The molecule has 1 aromatic carbocycles. The predicted octanol–water partition coefficient (Wildman–Crippen LogP) is 2.80. The van der Waals surface area contributed by atoms with E-state index in [0.717, 1.165) is 22.3 Å². The summed E-state index contributed by atoms with van der Waals surface area (Å²) < 4.78 is 11.1. The first-order chi connectivity index (χ1) is 9.19. The van der Waals surface area contributed by atoms with Crippen molar-refractivity contribution in [3.05, 3.63) is 24.3 Å². The zero-order valence-corrected chi connectivity index (χ0v) is 11.8. The van der Waals surface area contributed by atoms with Gasteiger partial charge in [0.05, 0.1) is 30.2 Å². The highest BCUT2D eigenvalue weighted by molar-refractivity contribution is 7.97. The van der Waals surface area contributed by atoms with Crippen LogP contribution in [0.2, 0.25) is 0 Å². The van der Waals surface area contributed by atoms with Crippen LogP contribution in [-0.2, 0) is 18.5 Å². The van der Waals surface area contributed by atoms with Crippen molar-refractivity contribution in [2.75, 3.05) is 7.11 Å². The minimum absolute atomic E-state index is 0.00453. The molecule has 1 aromatic heterocycles. The van der Waals surface area contributed by atoms with Crippen LogP contribution in [0.25, 0.3) is 10.2 Å². The number of nitrogens with zero attached hydrogens (tertiary/aromatic N) is 1. The molecule has 5 nitrogen and oxygen atoms in total. The van der Waals surface area contributed by atoms with Gasteiger partial charge in [-0.15, -0.1) is 11.3 Å². The molecule has 0 atom stereocenters. The minimum Gasteiger partial charge on any atom is -0.469 e. The van der Waals surface area contributed by atoms with Crippen LogP contribution in [0.4, 0.5) is 0 Å². The average molecular weight is 297 g/mol. The lowest BCUT2D eigenvalue weighted by atomic mass is 10.3. The summed E-state index contributed by atoms with van der Waals surface area (Å²) in [5, 5.41) is 0. The quantitative estimate of drug-likeness (QED) is 0.624. The third kappa shape index (κ3) is 3.93. The first-order valence-corrected chi connectivity index (χ1v) is 7.04. The Morgan fingerprint density at radius 3 is 2.74 bits per heavy atom. The minimum atomic E-state index is -0.463. The smallest absolute Gasteiger partial charge is 0.318 e. The van der Waals surface area contributed by atoms with Gasteiger partial charge in [-0.3, -0.25) is 9.59 Å². The fourth-order valence-electron chi connectivity index (χ4n) is 1.32. The molecular weight excluding hydrogens is 286 g/mol. The second-order valence-corrected chi connectivity index (χ2v) is 5.57. The number of fused-ring (bicyclic) bond motifs is 1. The Kier molecular flexibility index (Phi) is 4.75. The number of methoxy groups -OCH3 is 1. The molecule has 2 aromatic rings. The molecule has 0 aliphatic carbocycles. The van der Waals surface area contributed by atoms with Gasteiger partial charge in [-0.05, 0) is 12.1 Å². The van der Waals surface area contributed by atoms with Crippen molar-refractivity contribution in [1.29, 1.82) is 0 Å². The van der Waals surface area contributed by atoms with Crippen molar-refractivity contribution in [2.45, 2.75) is 17.2 Å². The molecule has 1 heterocycles. The highest BCUT2D eigenvalue weighted by Crippen LogP contribution is 2.30. The number of carbonyl (C=O) groups is 2. The van der Waals surface area contributed by atoms with Crippen LogP contribution in [0, 0.1) is 0 Å². The molecule has 0 aliphatic heterocycles. The van der Waals surface area contributed by atoms with Crippen molar-refractivity contribution >= 4 is 45.5 Å². The summed E-state index contributed by atoms with van der Waals surface area (Å²) in [6.07, 6.45) is 0.0281. The molecule has 0 spiro atoms. The number of para-hydroxylation sites is 1. The lowest BCUT2D eigenvalue weighted by Crippen LogP contribution is -2.05. The third-order valence-electron chi connectivity index (χ3n) is 2.24. The summed E-state index contributed by atoms with van der Waals surface area (Å²) in [5.41, 5.74) is 0.876. The van der Waals surface area contributed by atoms with Crippen molar-refractivity contribution in [3.8, 4) is 0 Å². The van der Waals surface area contributed by atoms with E-state index in [1.165, 1.54) is 18.4 Å². The number of esters is 1. The van der Waals surface area contributed by atoms with Gasteiger partial charge >= 0.3 is 11.9 Å². The van der Waals surface area contributed by atoms with E-state index in [4.69, 9.17) is 4.18 Å². The zero-order chi connectivity index (χ0) is 13.7. The number of hydrogen-bond acceptors (Lipinski definition) is 7. The average Bonchev–Trinajstić information content (AvgIpc) is 2.85. The van der Waals surface area contributed by atoms with Crippen LogP contribution in [-0.4, -0.2) is 24.0 Å². The van der Waals surface area contributed by atoms with Crippen molar-refractivity contribution in [3.63, 3.8) is 0 Å². The second-order valence-electron chi connectivity index (χ2n) is 3.56. The zero-order valence-electron chi connectivity index (χ0n) is 10.1. The van der Waals surface area contributed by atoms with E-state index in [9.17, 15) is 9.59 Å². The number of aromatic nitrogens is 1. The van der Waals surface area contributed by atoms with Crippen LogP contribution in [0.15, 0.2) is 28.6 Å². The lowest BCUT2D eigenvalue weighted by molar-refractivity contribution is -0.144. The molecule has 0 N–H and O–H groups in total. The SMILES string of the molecule is COC(=O)CCC(=O)OSc1nc2ccccc2s1. The van der Waals surface area contributed by atoms with E-state index in [0.29, 0.717) is 4.34 Å². The molecule has 0 amide bonds. The number of ether oxygens (including phenoxy) is 1. The number of thiazole rings is 1. The molecule has 2 rings (SSSR count). The summed E-state index contributed by atoms with van der Waals surface area (Å²) in [4.78, 5) is 26.5. The first kappa shape index (κ1) is 13.8. The predicted molar refractivity (Wildman–Crippen MR) is 72.8 cm³/mol. The summed E-state index contributed by atoms with van der Waals surface area (Å²) in [5.74, 6) is -0.892. The van der Waals surface area contributed by atoms with Gasteiger partial charge in [0.15, 0.2) is 4.34 Å². The van der Waals surface area contributed by atoms with Gasteiger partial charge < -0.3 is 8.92 Å². The lowest BCUT2D eigenvalue weighted by Gasteiger charge is -1.99. The fourth-order valence-corrected chi connectivity index (χ4v) is 2.90. The highest BCUT2D eigenvalue weighted by atomic mass is 32.2. The molecule has 0 aliphatic rings. The molecule has 0 fully saturated rings. The summed E-state index contributed by atoms with van der Waals surface area (Å²) >= 11 is 2.37. The van der Waals surface area contributed by atoms with Crippen LogP contribution in [0.1, 0.15) is 12.8 Å². The van der Waals surface area contributed by atoms with E-state index >= 15 is 0 Å². The van der Waals surface area contributed by atoms with Gasteiger partial charge in [0.2, 0.25) is 0 Å². The van der Waals surface area contributed by atoms with Gasteiger partial charge in [-0.25, -0.2) is 4.98 Å². The summed E-state index contributed by atoms with van der Waals surface area (Å²) in [6, 6.07) is 7.68. The maximum atomic E-state index is 11.4. The van der Waals surface area contributed by atoms with E-state index in [1.807, 2.05) is 24.3 Å². The molecule has 0 saturated heterocycles. The van der Waals surface area contributed by atoms with E-state index < -0.39 is 11.9 Å². The van der Waals surface area contributed by atoms with E-state index in [2.05, 4.69) is 9.72 Å². The first-order valence-electron chi connectivity index (χ1n) is 5.49. The Morgan fingerprint density at radius 1 is 1.26 bits per heavy atom. The van der Waals surface area contributed by atoms with Gasteiger partial charge in [0.25, 0.3) is 0 Å². The Labute approximate surface area is 118 Å². The van der Waals surface area contributed by atoms with Crippen molar-refractivity contribution < 1.29 is 18.5 Å². The van der Waals surface area contributed by atoms with E-state index in [-0.39, 0.29) is 12.8 Å². The van der Waals surface area contributed by atoms with E-state index in [1.54, 1.807) is 0 Å². The van der Waals surface area contributed by atoms with Crippen LogP contribution < -0.4 is 0 Å². The van der Waals surface area contributed by atoms with Gasteiger partial charge in [0.1, 0.15) is 12.0 Å². The maximum Gasteiger partial charge on any atom is 0.318 e. The highest BCUT2D eigenvalue weighted by Gasteiger charge is 2.11.